The van der Waals surface area contributed by atoms with Crippen molar-refractivity contribution in [2.45, 2.75) is 56.7 Å². The highest BCUT2D eigenvalue weighted by Crippen LogP contribution is 2.56. The van der Waals surface area contributed by atoms with E-state index in [1.165, 1.54) is 0 Å². The average molecular weight is 459 g/mol. The number of ether oxygens (including phenoxy) is 2. The van der Waals surface area contributed by atoms with E-state index >= 15 is 0 Å². The first kappa shape index (κ1) is 23.2. The van der Waals surface area contributed by atoms with Crippen molar-refractivity contribution in [1.29, 1.82) is 0 Å². The molecule has 2 fully saturated rings. The molecule has 2 aliphatic rings. The number of benzene rings is 2. The van der Waals surface area contributed by atoms with Crippen molar-refractivity contribution >= 4 is 17.3 Å². The molecule has 2 aromatic rings. The molecular weight excluding hydrogens is 424 g/mol. The van der Waals surface area contributed by atoms with E-state index in [0.29, 0.717) is 17.7 Å². The Labute approximate surface area is 196 Å². The number of fused-ring (bicyclic) bond motifs is 1. The van der Waals surface area contributed by atoms with E-state index in [2.05, 4.69) is 37.2 Å². The third kappa shape index (κ3) is 3.95. The minimum atomic E-state index is -0.173. The van der Waals surface area contributed by atoms with Gasteiger partial charge in [-0.1, -0.05) is 17.7 Å². The first-order chi connectivity index (χ1) is 15.3. The number of halogens is 1. The molecule has 1 aliphatic heterocycles. The van der Waals surface area contributed by atoms with E-state index in [1.54, 1.807) is 14.2 Å². The van der Waals surface area contributed by atoms with Gasteiger partial charge < -0.3 is 24.8 Å². The molecule has 0 radical (unpaired) electrons. The van der Waals surface area contributed by atoms with Crippen LogP contribution in [0.15, 0.2) is 36.4 Å². The fourth-order valence-electron chi connectivity index (χ4n) is 6.19. The third-order valence-corrected chi connectivity index (χ3v) is 8.24. The molecule has 32 heavy (non-hydrogen) atoms. The normalized spacial score (nSPS) is 30.6. The van der Waals surface area contributed by atoms with Crippen LogP contribution in [0.5, 0.6) is 11.5 Å². The van der Waals surface area contributed by atoms with Gasteiger partial charge in [-0.25, -0.2) is 0 Å². The molecule has 0 bridgehead atoms. The van der Waals surface area contributed by atoms with Gasteiger partial charge >= 0.3 is 0 Å². The largest absolute Gasteiger partial charge is 0.504 e. The van der Waals surface area contributed by atoms with Gasteiger partial charge in [0.15, 0.2) is 11.5 Å². The molecule has 2 aromatic carbocycles. The van der Waals surface area contributed by atoms with Crippen LogP contribution in [-0.2, 0) is 10.2 Å². The van der Waals surface area contributed by atoms with Crippen molar-refractivity contribution in [2.24, 2.45) is 5.92 Å². The number of phenolic OH excluding ortho intramolecular Hbond substituents is 1. The van der Waals surface area contributed by atoms with Crippen LogP contribution < -0.4 is 10.1 Å². The van der Waals surface area contributed by atoms with Gasteiger partial charge in [-0.05, 0) is 88.5 Å². The summed E-state index contributed by atoms with van der Waals surface area (Å²) < 4.78 is 11.5. The number of rotatable bonds is 5. The standard InChI is InChI=1S/C26H35ClN2O3/c1-16-6-11-22(31-4)25(30)24(16)26-12-13-29(3)17(2)20(26)14-23(32-5)21(15-26)28-19-9-7-18(27)8-10-19/h6-11,17,20-21,23,28,30H,12-15H2,1-5H3. The SMILES string of the molecule is COc1ccc(C)c(C23CCN(C)C(C)C2CC(OC)C(Nc2ccc(Cl)cc2)C3)c1O. The van der Waals surface area contributed by atoms with Gasteiger partial charge in [0.1, 0.15) is 0 Å². The first-order valence-corrected chi connectivity index (χ1v) is 11.8. The van der Waals surface area contributed by atoms with Gasteiger partial charge in [-0.2, -0.15) is 0 Å². The maximum atomic E-state index is 11.3. The van der Waals surface area contributed by atoms with E-state index in [4.69, 9.17) is 21.1 Å². The topological polar surface area (TPSA) is 54.0 Å². The molecule has 174 valence electrons. The number of hydrogen-bond donors (Lipinski definition) is 2. The van der Waals surface area contributed by atoms with Crippen molar-refractivity contribution in [3.63, 3.8) is 0 Å². The summed E-state index contributed by atoms with van der Waals surface area (Å²) in [5.74, 6) is 1.18. The summed E-state index contributed by atoms with van der Waals surface area (Å²) in [5.41, 5.74) is 3.02. The van der Waals surface area contributed by atoms with Crippen LogP contribution in [-0.4, -0.2) is 56.0 Å². The maximum Gasteiger partial charge on any atom is 0.161 e. The molecule has 5 atom stereocenters. The van der Waals surface area contributed by atoms with Gasteiger partial charge in [0.2, 0.25) is 0 Å². The molecule has 0 aromatic heterocycles. The zero-order valence-corrected chi connectivity index (χ0v) is 20.4. The van der Waals surface area contributed by atoms with Crippen LogP contribution in [0.3, 0.4) is 0 Å². The molecule has 5 nitrogen and oxygen atoms in total. The summed E-state index contributed by atoms with van der Waals surface area (Å²) in [6.45, 7) is 5.40. The molecule has 1 saturated heterocycles. The Kier molecular flexibility index (Phi) is 6.62. The van der Waals surface area contributed by atoms with E-state index < -0.39 is 0 Å². The molecule has 0 spiro atoms. The minimum absolute atomic E-state index is 0.0748. The van der Waals surface area contributed by atoms with Crippen LogP contribution >= 0.6 is 11.6 Å². The summed E-state index contributed by atoms with van der Waals surface area (Å²) >= 11 is 6.10. The summed E-state index contributed by atoms with van der Waals surface area (Å²) in [5, 5.41) is 15.8. The quantitative estimate of drug-likeness (QED) is 0.642. The number of nitrogens with one attached hydrogen (secondary N) is 1. The van der Waals surface area contributed by atoms with Gasteiger partial charge in [0, 0.05) is 34.8 Å². The minimum Gasteiger partial charge on any atom is -0.504 e. The summed E-state index contributed by atoms with van der Waals surface area (Å²) in [6.07, 6.45) is 2.85. The fraction of sp³-hybridized carbons (Fsp3) is 0.538. The zero-order chi connectivity index (χ0) is 23.0. The fourth-order valence-corrected chi connectivity index (χ4v) is 6.32. The number of piperidine rings is 1. The van der Waals surface area contributed by atoms with E-state index in [0.717, 1.165) is 47.6 Å². The highest BCUT2D eigenvalue weighted by Gasteiger charge is 2.55. The second-order valence-corrected chi connectivity index (χ2v) is 9.95. The number of nitrogens with zero attached hydrogens (tertiary/aromatic N) is 1. The monoisotopic (exact) mass is 458 g/mol. The number of aryl methyl sites for hydroxylation is 1. The first-order valence-electron chi connectivity index (χ1n) is 11.4. The predicted molar refractivity (Wildman–Crippen MR) is 130 cm³/mol. The number of hydrogen-bond acceptors (Lipinski definition) is 5. The second kappa shape index (κ2) is 9.12. The van der Waals surface area contributed by atoms with E-state index in [1.807, 2.05) is 30.3 Å². The lowest BCUT2D eigenvalue weighted by molar-refractivity contribution is -0.0480. The lowest BCUT2D eigenvalue weighted by atomic mass is 9.54. The molecule has 1 heterocycles. The lowest BCUT2D eigenvalue weighted by Crippen LogP contribution is -2.61. The van der Waals surface area contributed by atoms with E-state index in [9.17, 15) is 5.11 Å². The Balaban J connectivity index is 1.80. The van der Waals surface area contributed by atoms with Gasteiger partial charge in [-0.15, -0.1) is 0 Å². The predicted octanol–water partition coefficient (Wildman–Crippen LogP) is 5.23. The van der Waals surface area contributed by atoms with Gasteiger partial charge in [0.25, 0.3) is 0 Å². The number of anilines is 1. The Hall–Kier alpha value is -1.95. The average Bonchev–Trinajstić information content (AvgIpc) is 2.78. The smallest absolute Gasteiger partial charge is 0.161 e. The summed E-state index contributed by atoms with van der Waals surface area (Å²) in [6, 6.07) is 12.3. The number of aromatic hydroxyl groups is 1. The Morgan fingerprint density at radius 3 is 2.53 bits per heavy atom. The van der Waals surface area contributed by atoms with Crippen molar-refractivity contribution < 1.29 is 14.6 Å². The highest BCUT2D eigenvalue weighted by molar-refractivity contribution is 6.30. The Bertz CT molecular complexity index is 951. The molecule has 5 unspecified atom stereocenters. The third-order valence-electron chi connectivity index (χ3n) is 7.98. The molecule has 2 N–H and O–H groups in total. The van der Waals surface area contributed by atoms with Crippen LogP contribution in [0.25, 0.3) is 0 Å². The van der Waals surface area contributed by atoms with Gasteiger partial charge in [0.05, 0.1) is 19.3 Å². The van der Waals surface area contributed by atoms with Crippen molar-refractivity contribution in [1.82, 2.24) is 4.90 Å². The number of phenols is 1. The van der Waals surface area contributed by atoms with E-state index in [-0.39, 0.29) is 23.3 Å². The second-order valence-electron chi connectivity index (χ2n) is 9.51. The molecule has 1 saturated carbocycles. The summed E-state index contributed by atoms with van der Waals surface area (Å²) in [7, 11) is 5.62. The van der Waals surface area contributed by atoms with Crippen LogP contribution in [0.4, 0.5) is 5.69 Å². The Morgan fingerprint density at radius 2 is 1.88 bits per heavy atom. The van der Waals surface area contributed by atoms with Crippen molar-refractivity contribution in [3.05, 3.63) is 52.5 Å². The zero-order valence-electron chi connectivity index (χ0n) is 19.7. The molecule has 6 heteroatoms. The molecular formula is C26H35ClN2O3. The number of likely N-dealkylation sites (tertiary alicyclic amines) is 1. The van der Waals surface area contributed by atoms with Crippen molar-refractivity contribution in [3.8, 4) is 11.5 Å². The Morgan fingerprint density at radius 1 is 1.16 bits per heavy atom. The number of methoxy groups -OCH3 is 2. The highest BCUT2D eigenvalue weighted by atomic mass is 35.5. The molecule has 4 rings (SSSR count). The summed E-state index contributed by atoms with van der Waals surface area (Å²) in [4.78, 5) is 2.44. The van der Waals surface area contributed by atoms with Crippen LogP contribution in [0, 0.1) is 12.8 Å². The lowest BCUT2D eigenvalue weighted by Gasteiger charge is -2.57. The molecule has 1 aliphatic carbocycles. The maximum absolute atomic E-state index is 11.3. The van der Waals surface area contributed by atoms with Crippen LogP contribution in [0.1, 0.15) is 37.3 Å². The van der Waals surface area contributed by atoms with Gasteiger partial charge in [-0.3, -0.25) is 0 Å². The van der Waals surface area contributed by atoms with Crippen molar-refractivity contribution in [2.75, 3.05) is 33.1 Å². The molecule has 0 amide bonds. The van der Waals surface area contributed by atoms with Crippen LogP contribution in [0.2, 0.25) is 5.02 Å².